The van der Waals surface area contributed by atoms with Crippen molar-refractivity contribution in [3.05, 3.63) is 28.8 Å². The molecule has 0 aliphatic carbocycles. The molecule has 0 saturated heterocycles. The number of carbonyl (C=O) groups is 3. The molecule has 0 bridgehead atoms. The average molecular weight is 341 g/mol. The molecule has 0 saturated carbocycles. The average Bonchev–Trinajstić information content (AvgIpc) is 2.45. The maximum atomic E-state index is 12.3. The van der Waals surface area contributed by atoms with E-state index in [0.29, 0.717) is 5.69 Å². The molecule has 1 aromatic rings. The van der Waals surface area contributed by atoms with Crippen molar-refractivity contribution in [2.45, 2.75) is 33.7 Å². The topological polar surface area (TPSA) is 95.5 Å². The Balaban J connectivity index is 3.00. The van der Waals surface area contributed by atoms with Crippen LogP contribution in [-0.4, -0.2) is 28.9 Å². The number of carboxylic acids is 1. The van der Waals surface area contributed by atoms with Gasteiger partial charge in [-0.3, -0.25) is 9.59 Å². The summed E-state index contributed by atoms with van der Waals surface area (Å²) in [7, 11) is 0. The highest BCUT2D eigenvalue weighted by Gasteiger charge is 2.25. The van der Waals surface area contributed by atoms with E-state index in [1.165, 1.54) is 12.1 Å². The van der Waals surface area contributed by atoms with E-state index in [-0.39, 0.29) is 28.3 Å². The number of carbonyl (C=O) groups excluding carboxylic acids is 2. The standard InChI is InChI=1S/C16H21ClN2O4/c1-8(2)13(16(22)23)19-15(21)11-7-10(5-6-12(11)17)18-14(20)9(3)4/h5-9,13H,1-4H3,(H,18,20)(H,19,21)(H,22,23). The Labute approximate surface area is 140 Å². The third-order valence-electron chi connectivity index (χ3n) is 3.22. The molecule has 1 unspecified atom stereocenters. The van der Waals surface area contributed by atoms with Crippen LogP contribution < -0.4 is 10.6 Å². The van der Waals surface area contributed by atoms with Gasteiger partial charge in [0.05, 0.1) is 10.6 Å². The number of nitrogens with one attached hydrogen (secondary N) is 2. The summed E-state index contributed by atoms with van der Waals surface area (Å²) in [6.45, 7) is 6.89. The van der Waals surface area contributed by atoms with Crippen LogP contribution >= 0.6 is 11.6 Å². The number of anilines is 1. The van der Waals surface area contributed by atoms with Crippen molar-refractivity contribution in [1.29, 1.82) is 0 Å². The van der Waals surface area contributed by atoms with Crippen molar-refractivity contribution < 1.29 is 19.5 Å². The van der Waals surface area contributed by atoms with Gasteiger partial charge in [0.25, 0.3) is 5.91 Å². The maximum Gasteiger partial charge on any atom is 0.326 e. The molecule has 1 atom stereocenters. The van der Waals surface area contributed by atoms with E-state index in [4.69, 9.17) is 16.7 Å². The fourth-order valence-electron chi connectivity index (χ4n) is 1.80. The van der Waals surface area contributed by atoms with Crippen LogP contribution in [0.1, 0.15) is 38.1 Å². The molecular formula is C16H21ClN2O4. The number of rotatable bonds is 6. The van der Waals surface area contributed by atoms with Gasteiger partial charge in [-0.05, 0) is 24.1 Å². The van der Waals surface area contributed by atoms with Crippen LogP contribution in [0.3, 0.4) is 0 Å². The summed E-state index contributed by atoms with van der Waals surface area (Å²) in [6.07, 6.45) is 0. The smallest absolute Gasteiger partial charge is 0.326 e. The predicted octanol–water partition coefficient (Wildman–Crippen LogP) is 2.77. The number of benzene rings is 1. The minimum atomic E-state index is -1.12. The molecule has 23 heavy (non-hydrogen) atoms. The Bertz CT molecular complexity index is 614. The molecule has 0 spiro atoms. The summed E-state index contributed by atoms with van der Waals surface area (Å²) in [6, 6.07) is 3.47. The van der Waals surface area contributed by atoms with E-state index in [1.807, 2.05) is 0 Å². The van der Waals surface area contributed by atoms with E-state index in [1.54, 1.807) is 33.8 Å². The van der Waals surface area contributed by atoms with Crippen LogP contribution in [0.4, 0.5) is 5.69 Å². The fourth-order valence-corrected chi connectivity index (χ4v) is 2.00. The van der Waals surface area contributed by atoms with Crippen molar-refractivity contribution in [3.8, 4) is 0 Å². The largest absolute Gasteiger partial charge is 0.480 e. The Morgan fingerprint density at radius 2 is 1.74 bits per heavy atom. The van der Waals surface area contributed by atoms with E-state index in [9.17, 15) is 14.4 Å². The second-order valence-corrected chi connectivity index (χ2v) is 6.28. The van der Waals surface area contributed by atoms with Gasteiger partial charge in [-0.1, -0.05) is 39.3 Å². The first-order valence-electron chi connectivity index (χ1n) is 7.27. The number of amides is 2. The fraction of sp³-hybridized carbons (Fsp3) is 0.438. The first kappa shape index (κ1) is 19.0. The molecular weight excluding hydrogens is 320 g/mol. The highest BCUT2D eigenvalue weighted by Crippen LogP contribution is 2.21. The Morgan fingerprint density at radius 3 is 2.22 bits per heavy atom. The molecule has 2 amide bonds. The molecule has 0 radical (unpaired) electrons. The molecule has 0 aromatic heterocycles. The molecule has 126 valence electrons. The Hall–Kier alpha value is -2.08. The van der Waals surface area contributed by atoms with E-state index < -0.39 is 17.9 Å². The van der Waals surface area contributed by atoms with Gasteiger partial charge in [0.2, 0.25) is 5.91 Å². The second-order valence-electron chi connectivity index (χ2n) is 5.87. The molecule has 0 aliphatic rings. The van der Waals surface area contributed by atoms with E-state index >= 15 is 0 Å². The van der Waals surface area contributed by atoms with Gasteiger partial charge in [0.1, 0.15) is 6.04 Å². The van der Waals surface area contributed by atoms with Gasteiger partial charge in [-0.25, -0.2) is 4.79 Å². The number of halogens is 1. The van der Waals surface area contributed by atoms with Crippen LogP contribution in [0.25, 0.3) is 0 Å². The maximum absolute atomic E-state index is 12.3. The van der Waals surface area contributed by atoms with Gasteiger partial charge >= 0.3 is 5.97 Å². The zero-order chi connectivity index (χ0) is 17.7. The normalized spacial score (nSPS) is 12.1. The first-order chi connectivity index (χ1) is 10.6. The van der Waals surface area contributed by atoms with Gasteiger partial charge < -0.3 is 15.7 Å². The lowest BCUT2D eigenvalue weighted by Gasteiger charge is -2.18. The lowest BCUT2D eigenvalue weighted by molar-refractivity contribution is -0.140. The van der Waals surface area contributed by atoms with Gasteiger partial charge in [0, 0.05) is 11.6 Å². The lowest BCUT2D eigenvalue weighted by atomic mass is 10.0. The van der Waals surface area contributed by atoms with Gasteiger partial charge in [-0.15, -0.1) is 0 Å². The van der Waals surface area contributed by atoms with E-state index in [2.05, 4.69) is 10.6 Å². The quantitative estimate of drug-likeness (QED) is 0.742. The van der Waals surface area contributed by atoms with Crippen molar-refractivity contribution in [3.63, 3.8) is 0 Å². The number of carboxylic acid groups (broad SMARTS) is 1. The minimum Gasteiger partial charge on any atom is -0.480 e. The number of hydrogen-bond acceptors (Lipinski definition) is 3. The highest BCUT2D eigenvalue weighted by atomic mass is 35.5. The molecule has 0 fully saturated rings. The van der Waals surface area contributed by atoms with Gasteiger partial charge in [-0.2, -0.15) is 0 Å². The molecule has 0 heterocycles. The highest BCUT2D eigenvalue weighted by molar-refractivity contribution is 6.34. The molecule has 7 heteroatoms. The molecule has 3 N–H and O–H groups in total. The summed E-state index contributed by atoms with van der Waals surface area (Å²) in [5, 5.41) is 14.4. The molecule has 6 nitrogen and oxygen atoms in total. The van der Waals surface area contributed by atoms with Crippen LogP contribution in [0.2, 0.25) is 5.02 Å². The van der Waals surface area contributed by atoms with Crippen molar-refractivity contribution in [2.24, 2.45) is 11.8 Å². The summed E-state index contributed by atoms with van der Waals surface area (Å²) in [4.78, 5) is 35.2. The lowest BCUT2D eigenvalue weighted by Crippen LogP contribution is -2.44. The zero-order valence-electron chi connectivity index (χ0n) is 13.5. The molecule has 1 aromatic carbocycles. The predicted molar refractivity (Wildman–Crippen MR) is 88.6 cm³/mol. The summed E-state index contributed by atoms with van der Waals surface area (Å²) in [5.41, 5.74) is 0.537. The SMILES string of the molecule is CC(C)C(=O)Nc1ccc(Cl)c(C(=O)NC(C(=O)O)C(C)C)c1. The zero-order valence-corrected chi connectivity index (χ0v) is 14.3. The summed E-state index contributed by atoms with van der Waals surface area (Å²) in [5.74, 6) is -2.39. The van der Waals surface area contributed by atoms with Crippen LogP contribution in [0, 0.1) is 11.8 Å². The first-order valence-corrected chi connectivity index (χ1v) is 7.65. The van der Waals surface area contributed by atoms with Crippen LogP contribution in [0.15, 0.2) is 18.2 Å². The summed E-state index contributed by atoms with van der Waals surface area (Å²) >= 11 is 6.01. The van der Waals surface area contributed by atoms with Crippen LogP contribution in [0.5, 0.6) is 0 Å². The number of hydrogen-bond donors (Lipinski definition) is 3. The Morgan fingerprint density at radius 1 is 1.13 bits per heavy atom. The minimum absolute atomic E-state index is 0.111. The monoisotopic (exact) mass is 340 g/mol. The second kappa shape index (κ2) is 7.97. The van der Waals surface area contributed by atoms with Crippen molar-refractivity contribution >= 4 is 35.1 Å². The third-order valence-corrected chi connectivity index (χ3v) is 3.55. The van der Waals surface area contributed by atoms with Crippen molar-refractivity contribution in [1.82, 2.24) is 5.32 Å². The summed E-state index contributed by atoms with van der Waals surface area (Å²) < 4.78 is 0. The van der Waals surface area contributed by atoms with Crippen molar-refractivity contribution in [2.75, 3.05) is 5.32 Å². The number of aliphatic carboxylic acids is 1. The Kier molecular flexibility index (Phi) is 6.57. The van der Waals surface area contributed by atoms with E-state index in [0.717, 1.165) is 0 Å². The third kappa shape index (κ3) is 5.25. The molecule has 0 aliphatic heterocycles. The molecule has 1 rings (SSSR count). The van der Waals surface area contributed by atoms with Crippen LogP contribution in [-0.2, 0) is 9.59 Å². The van der Waals surface area contributed by atoms with Gasteiger partial charge in [0.15, 0.2) is 0 Å².